The van der Waals surface area contributed by atoms with Crippen LogP contribution >= 0.6 is 12.2 Å². The maximum Gasteiger partial charge on any atom is 0.335 e. The molecule has 1 heterocycles. The van der Waals surface area contributed by atoms with E-state index in [2.05, 4.69) is 41.4 Å². The molecule has 0 aliphatic heterocycles. The summed E-state index contributed by atoms with van der Waals surface area (Å²) in [6.07, 6.45) is 5.96. The highest BCUT2D eigenvalue weighted by Gasteiger charge is 2.25. The van der Waals surface area contributed by atoms with Gasteiger partial charge in [0.1, 0.15) is 4.64 Å². The number of fused-ring (bicyclic) bond motifs is 2. The van der Waals surface area contributed by atoms with Gasteiger partial charge in [0, 0.05) is 17.7 Å². The van der Waals surface area contributed by atoms with Crippen molar-refractivity contribution in [2.24, 2.45) is 0 Å². The number of aromatic amines is 1. The van der Waals surface area contributed by atoms with E-state index in [1.807, 2.05) is 24.3 Å². The van der Waals surface area contributed by atoms with Crippen molar-refractivity contribution in [2.45, 2.75) is 5.92 Å². The molecule has 0 unspecified atom stereocenters. The zero-order valence-corrected chi connectivity index (χ0v) is 17.7. The smallest absolute Gasteiger partial charge is 0.335 e. The summed E-state index contributed by atoms with van der Waals surface area (Å²) in [5, 5.41) is 9.17. The third kappa shape index (κ3) is 3.40. The fourth-order valence-electron chi connectivity index (χ4n) is 4.18. The summed E-state index contributed by atoms with van der Waals surface area (Å²) >= 11 is 5.62. The molecule has 1 aliphatic carbocycles. The van der Waals surface area contributed by atoms with Gasteiger partial charge in [0.2, 0.25) is 0 Å². The minimum Gasteiger partial charge on any atom is -0.478 e. The van der Waals surface area contributed by atoms with E-state index in [0.717, 1.165) is 27.8 Å². The number of nitrogens with one attached hydrogen (secondary N) is 1. The van der Waals surface area contributed by atoms with Gasteiger partial charge >= 0.3 is 11.7 Å². The van der Waals surface area contributed by atoms with Gasteiger partial charge in [-0.2, -0.15) is 0 Å². The van der Waals surface area contributed by atoms with Crippen molar-refractivity contribution in [1.82, 2.24) is 9.55 Å². The molecule has 32 heavy (non-hydrogen) atoms. The van der Waals surface area contributed by atoms with Crippen molar-refractivity contribution in [3.05, 3.63) is 127 Å². The zero-order chi connectivity index (χ0) is 22.2. The molecule has 3 aromatic carbocycles. The Morgan fingerprint density at radius 1 is 0.844 bits per heavy atom. The molecule has 0 bridgehead atoms. The average molecular weight is 439 g/mol. The topological polar surface area (TPSA) is 75.1 Å². The van der Waals surface area contributed by atoms with E-state index >= 15 is 0 Å². The number of hydrogen-bond acceptors (Lipinski definition) is 3. The molecule has 156 valence electrons. The summed E-state index contributed by atoms with van der Waals surface area (Å²) in [7, 11) is 0. The minimum atomic E-state index is -1.02. The third-order valence-corrected chi connectivity index (χ3v) is 6.07. The van der Waals surface area contributed by atoms with E-state index in [-0.39, 0.29) is 17.2 Å². The van der Waals surface area contributed by atoms with Crippen LogP contribution < -0.4 is 5.69 Å². The third-order valence-electron chi connectivity index (χ3n) is 5.73. The normalized spacial score (nSPS) is 12.6. The molecule has 6 heteroatoms. The second-order valence-corrected chi connectivity index (χ2v) is 8.00. The molecule has 0 saturated carbocycles. The summed E-state index contributed by atoms with van der Waals surface area (Å²) in [5.41, 5.74) is 5.50. The average Bonchev–Trinajstić information content (AvgIpc) is 2.96. The van der Waals surface area contributed by atoms with Gasteiger partial charge in [-0.05, 0) is 46.5 Å². The van der Waals surface area contributed by atoms with Crippen LogP contribution in [0.3, 0.4) is 0 Å². The number of carboxylic acids is 1. The van der Waals surface area contributed by atoms with Crippen LogP contribution in [0.25, 0.3) is 17.8 Å². The molecule has 1 aliphatic rings. The van der Waals surface area contributed by atoms with Gasteiger partial charge in [-0.15, -0.1) is 0 Å². The number of H-pyrrole nitrogens is 1. The number of hydrogen-bond donors (Lipinski definition) is 2. The first-order valence-corrected chi connectivity index (χ1v) is 10.5. The van der Waals surface area contributed by atoms with E-state index in [4.69, 9.17) is 17.3 Å². The lowest BCUT2D eigenvalue weighted by Crippen LogP contribution is -2.23. The SMILES string of the molecule is O=C(O)c1ccc(-n2cc(C3c4ccccc4C=Cc4ccccc43)c(=S)[nH]c2=O)cc1. The van der Waals surface area contributed by atoms with Crippen molar-refractivity contribution < 1.29 is 9.90 Å². The standard InChI is InChI=1S/C26H18N2O3S/c29-25(30)18-11-13-19(14-12-18)28-15-22(24(32)27-26(28)31)23-20-7-3-1-5-16(20)9-10-17-6-2-4-8-21(17)23/h1-15,23H,(H,29,30)(H,27,31,32). The van der Waals surface area contributed by atoms with Gasteiger partial charge in [-0.1, -0.05) is 72.9 Å². The predicted molar refractivity (Wildman–Crippen MR) is 127 cm³/mol. The van der Waals surface area contributed by atoms with Crippen LogP contribution in [0.2, 0.25) is 0 Å². The number of carboxylic acid groups (broad SMARTS) is 1. The summed E-state index contributed by atoms with van der Waals surface area (Å²) < 4.78 is 1.85. The number of nitrogens with zero attached hydrogens (tertiary/aromatic N) is 1. The molecule has 0 fully saturated rings. The van der Waals surface area contributed by atoms with Gasteiger partial charge in [0.25, 0.3) is 0 Å². The van der Waals surface area contributed by atoms with Gasteiger partial charge < -0.3 is 5.11 Å². The summed E-state index contributed by atoms with van der Waals surface area (Å²) in [6.45, 7) is 0. The Morgan fingerprint density at radius 3 is 1.97 bits per heavy atom. The maximum atomic E-state index is 12.8. The lowest BCUT2D eigenvalue weighted by Gasteiger charge is -2.22. The van der Waals surface area contributed by atoms with E-state index in [0.29, 0.717) is 10.3 Å². The Morgan fingerprint density at radius 2 is 1.41 bits per heavy atom. The molecule has 0 atom stereocenters. The van der Waals surface area contributed by atoms with Crippen LogP contribution in [-0.2, 0) is 0 Å². The number of aromatic nitrogens is 2. The van der Waals surface area contributed by atoms with Crippen LogP contribution in [-0.4, -0.2) is 20.6 Å². The van der Waals surface area contributed by atoms with Gasteiger partial charge in [0.15, 0.2) is 0 Å². The first-order chi connectivity index (χ1) is 15.5. The molecule has 5 rings (SSSR count). The molecule has 4 aromatic rings. The minimum absolute atomic E-state index is 0.156. The molecule has 5 nitrogen and oxygen atoms in total. The van der Waals surface area contributed by atoms with Crippen molar-refractivity contribution >= 4 is 30.3 Å². The molecule has 0 amide bonds. The van der Waals surface area contributed by atoms with Crippen molar-refractivity contribution in [3.8, 4) is 5.69 Å². The predicted octanol–water partition coefficient (Wildman–Crippen LogP) is 5.26. The van der Waals surface area contributed by atoms with E-state index in [9.17, 15) is 9.59 Å². The van der Waals surface area contributed by atoms with Crippen LogP contribution in [0.1, 0.15) is 44.1 Å². The summed E-state index contributed by atoms with van der Waals surface area (Å²) in [6, 6.07) is 22.5. The van der Waals surface area contributed by atoms with Gasteiger partial charge in [-0.3, -0.25) is 9.55 Å². The number of carbonyl (C=O) groups is 1. The van der Waals surface area contributed by atoms with Crippen LogP contribution in [0.15, 0.2) is 83.8 Å². The Bertz CT molecular complexity index is 1450. The second kappa shape index (κ2) is 7.90. The quantitative estimate of drug-likeness (QED) is 0.377. The lowest BCUT2D eigenvalue weighted by molar-refractivity contribution is 0.0697. The first kappa shape index (κ1) is 19.9. The molecule has 0 saturated heterocycles. The summed E-state index contributed by atoms with van der Waals surface area (Å²) in [4.78, 5) is 26.8. The monoisotopic (exact) mass is 438 g/mol. The second-order valence-electron chi connectivity index (χ2n) is 7.59. The van der Waals surface area contributed by atoms with E-state index < -0.39 is 5.97 Å². The number of benzene rings is 3. The fraction of sp³-hybridized carbons (Fsp3) is 0.0385. The highest BCUT2D eigenvalue weighted by Crippen LogP contribution is 2.39. The van der Waals surface area contributed by atoms with Crippen LogP contribution in [0, 0.1) is 4.64 Å². The Labute approximate surface area is 188 Å². The Hall–Kier alpha value is -4.03. The van der Waals surface area contributed by atoms with Crippen molar-refractivity contribution in [2.75, 3.05) is 0 Å². The zero-order valence-electron chi connectivity index (χ0n) is 16.9. The van der Waals surface area contributed by atoms with Crippen molar-refractivity contribution in [1.29, 1.82) is 0 Å². The summed E-state index contributed by atoms with van der Waals surface area (Å²) in [5.74, 6) is -1.19. The number of aromatic carboxylic acids is 1. The largest absolute Gasteiger partial charge is 0.478 e. The number of rotatable bonds is 3. The van der Waals surface area contributed by atoms with Crippen molar-refractivity contribution in [3.63, 3.8) is 0 Å². The van der Waals surface area contributed by atoms with Gasteiger partial charge in [-0.25, -0.2) is 9.59 Å². The maximum absolute atomic E-state index is 12.8. The molecule has 1 aromatic heterocycles. The lowest BCUT2D eigenvalue weighted by atomic mass is 9.83. The highest BCUT2D eigenvalue weighted by atomic mass is 32.1. The Kier molecular flexibility index (Phi) is 4.92. The Balaban J connectivity index is 1.75. The molecular weight excluding hydrogens is 420 g/mol. The molecule has 0 spiro atoms. The van der Waals surface area contributed by atoms with Crippen LogP contribution in [0.5, 0.6) is 0 Å². The first-order valence-electron chi connectivity index (χ1n) is 10.1. The molecule has 2 N–H and O–H groups in total. The highest BCUT2D eigenvalue weighted by molar-refractivity contribution is 7.71. The molecule has 0 radical (unpaired) electrons. The van der Waals surface area contributed by atoms with E-state index in [1.165, 1.54) is 16.7 Å². The van der Waals surface area contributed by atoms with Crippen LogP contribution in [0.4, 0.5) is 0 Å². The molecular formula is C26H18N2O3S. The van der Waals surface area contributed by atoms with Gasteiger partial charge in [0.05, 0.1) is 11.3 Å². The fourth-order valence-corrected chi connectivity index (χ4v) is 4.44. The van der Waals surface area contributed by atoms with E-state index in [1.54, 1.807) is 18.3 Å².